The molecular formula is C26H29N5O6S. The molecule has 2 N–H and O–H groups in total. The van der Waals surface area contributed by atoms with Gasteiger partial charge in [0, 0.05) is 43.4 Å². The SMILES string of the molecule is COC.Cc1cnc(Oc2ccc(Nc3nc(=O)n(C[C@H](C)C=O)c(=O)n3Cc3ccc(O)cc3)cc2)s1. The van der Waals surface area contributed by atoms with Gasteiger partial charge in [-0.05, 0) is 48.9 Å². The third-order valence-corrected chi connectivity index (χ3v) is 5.84. The molecule has 2 aromatic heterocycles. The summed E-state index contributed by atoms with van der Waals surface area (Å²) in [5, 5.41) is 13.1. The molecule has 38 heavy (non-hydrogen) atoms. The van der Waals surface area contributed by atoms with E-state index in [2.05, 4.69) is 20.0 Å². The van der Waals surface area contributed by atoms with Gasteiger partial charge in [0.2, 0.25) is 5.95 Å². The van der Waals surface area contributed by atoms with Crippen LogP contribution in [-0.2, 0) is 22.6 Å². The van der Waals surface area contributed by atoms with Crippen molar-refractivity contribution in [1.29, 1.82) is 0 Å². The smallest absolute Gasteiger partial charge is 0.354 e. The average molecular weight is 540 g/mol. The van der Waals surface area contributed by atoms with Gasteiger partial charge in [-0.3, -0.25) is 4.57 Å². The molecule has 0 radical (unpaired) electrons. The van der Waals surface area contributed by atoms with Crippen LogP contribution in [0.25, 0.3) is 0 Å². The zero-order valence-electron chi connectivity index (χ0n) is 21.5. The number of thiazole rings is 1. The normalized spacial score (nSPS) is 11.3. The number of hydrogen-bond donors (Lipinski definition) is 2. The number of hydrogen-bond acceptors (Lipinski definition) is 10. The number of aromatic nitrogens is 4. The number of aromatic hydroxyl groups is 1. The minimum Gasteiger partial charge on any atom is -0.508 e. The van der Waals surface area contributed by atoms with E-state index in [0.29, 0.717) is 28.5 Å². The van der Waals surface area contributed by atoms with Crippen LogP contribution in [0.1, 0.15) is 17.4 Å². The molecule has 4 aromatic rings. The van der Waals surface area contributed by atoms with E-state index in [0.717, 1.165) is 9.44 Å². The number of carbonyl (C=O) groups excluding carboxylic acids is 1. The van der Waals surface area contributed by atoms with Crippen molar-refractivity contribution in [2.75, 3.05) is 19.5 Å². The second-order valence-corrected chi connectivity index (χ2v) is 9.57. The first-order valence-electron chi connectivity index (χ1n) is 11.6. The van der Waals surface area contributed by atoms with E-state index < -0.39 is 17.3 Å². The van der Waals surface area contributed by atoms with Crippen LogP contribution in [0.3, 0.4) is 0 Å². The number of carbonyl (C=O) groups is 1. The Morgan fingerprint density at radius 2 is 1.74 bits per heavy atom. The molecule has 0 bridgehead atoms. The molecule has 0 saturated carbocycles. The second kappa shape index (κ2) is 13.3. The van der Waals surface area contributed by atoms with Gasteiger partial charge in [-0.15, -0.1) is 0 Å². The Morgan fingerprint density at radius 1 is 1.08 bits per heavy atom. The number of nitrogens with one attached hydrogen (secondary N) is 1. The second-order valence-electron chi connectivity index (χ2n) is 8.37. The molecule has 0 spiro atoms. The third kappa shape index (κ3) is 7.60. The number of rotatable bonds is 9. The molecule has 0 unspecified atom stereocenters. The Morgan fingerprint density at radius 3 is 2.32 bits per heavy atom. The van der Waals surface area contributed by atoms with E-state index in [-0.39, 0.29) is 24.8 Å². The van der Waals surface area contributed by atoms with Crippen LogP contribution >= 0.6 is 11.3 Å². The molecule has 2 aromatic carbocycles. The lowest BCUT2D eigenvalue weighted by Crippen LogP contribution is -2.43. The van der Waals surface area contributed by atoms with Crippen molar-refractivity contribution in [3.8, 4) is 16.7 Å². The highest BCUT2D eigenvalue weighted by atomic mass is 32.1. The quantitative estimate of drug-likeness (QED) is 0.306. The Labute approximate surface area is 223 Å². The molecule has 0 aliphatic rings. The predicted molar refractivity (Wildman–Crippen MR) is 145 cm³/mol. The van der Waals surface area contributed by atoms with Crippen LogP contribution in [0.2, 0.25) is 0 Å². The summed E-state index contributed by atoms with van der Waals surface area (Å²) in [6.07, 6.45) is 2.41. The molecule has 1 atom stereocenters. The van der Waals surface area contributed by atoms with Gasteiger partial charge in [0.25, 0.3) is 5.19 Å². The van der Waals surface area contributed by atoms with E-state index in [4.69, 9.17) is 4.74 Å². The first-order valence-corrected chi connectivity index (χ1v) is 12.4. The van der Waals surface area contributed by atoms with Crippen LogP contribution in [0.5, 0.6) is 16.7 Å². The van der Waals surface area contributed by atoms with E-state index in [9.17, 15) is 19.5 Å². The van der Waals surface area contributed by atoms with Crippen LogP contribution in [0.15, 0.2) is 64.3 Å². The van der Waals surface area contributed by atoms with Gasteiger partial charge in [0.1, 0.15) is 17.8 Å². The summed E-state index contributed by atoms with van der Waals surface area (Å²) in [7, 11) is 3.25. The summed E-state index contributed by atoms with van der Waals surface area (Å²) in [4.78, 5) is 46.3. The molecule has 11 nitrogen and oxygen atoms in total. The van der Waals surface area contributed by atoms with Crippen LogP contribution in [-0.4, -0.2) is 44.7 Å². The third-order valence-electron chi connectivity index (χ3n) is 5.05. The van der Waals surface area contributed by atoms with Crippen LogP contribution in [0, 0.1) is 12.8 Å². The molecule has 4 rings (SSSR count). The Bertz CT molecular complexity index is 1460. The van der Waals surface area contributed by atoms with Gasteiger partial charge >= 0.3 is 11.4 Å². The van der Waals surface area contributed by atoms with E-state index in [1.54, 1.807) is 63.7 Å². The maximum absolute atomic E-state index is 13.2. The monoisotopic (exact) mass is 539 g/mol. The fourth-order valence-corrected chi connectivity index (χ4v) is 3.88. The van der Waals surface area contributed by atoms with Crippen molar-refractivity contribution in [2.24, 2.45) is 5.92 Å². The van der Waals surface area contributed by atoms with Crippen LogP contribution < -0.4 is 21.4 Å². The Hall–Kier alpha value is -4.29. The molecular weight excluding hydrogens is 510 g/mol. The highest BCUT2D eigenvalue weighted by molar-refractivity contribution is 7.13. The summed E-state index contributed by atoms with van der Waals surface area (Å²) >= 11 is 1.43. The van der Waals surface area contributed by atoms with E-state index in [1.165, 1.54) is 28.0 Å². The van der Waals surface area contributed by atoms with Crippen LogP contribution in [0.4, 0.5) is 11.6 Å². The number of nitrogens with zero attached hydrogens (tertiary/aromatic N) is 4. The Kier molecular flexibility index (Phi) is 9.91. The number of ether oxygens (including phenoxy) is 2. The zero-order chi connectivity index (χ0) is 27.7. The van der Waals surface area contributed by atoms with Gasteiger partial charge in [-0.2, -0.15) is 4.98 Å². The Balaban J connectivity index is 0.00000127. The summed E-state index contributed by atoms with van der Waals surface area (Å²) < 4.78 is 12.2. The van der Waals surface area contributed by atoms with E-state index in [1.807, 2.05) is 6.92 Å². The van der Waals surface area contributed by atoms with Gasteiger partial charge in [0.15, 0.2) is 0 Å². The van der Waals surface area contributed by atoms with Crippen molar-refractivity contribution >= 4 is 29.3 Å². The first-order chi connectivity index (χ1) is 18.2. The number of phenols is 1. The highest BCUT2D eigenvalue weighted by Gasteiger charge is 2.16. The fraction of sp³-hybridized carbons (Fsp3) is 0.269. The lowest BCUT2D eigenvalue weighted by atomic mass is 10.2. The minimum atomic E-state index is -0.757. The maximum atomic E-state index is 13.2. The number of methoxy groups -OCH3 is 1. The summed E-state index contributed by atoms with van der Waals surface area (Å²) in [6.45, 7) is 3.57. The topological polar surface area (TPSA) is 138 Å². The van der Waals surface area contributed by atoms with Gasteiger partial charge in [0.05, 0.1) is 6.54 Å². The molecule has 12 heteroatoms. The van der Waals surface area contributed by atoms with E-state index >= 15 is 0 Å². The lowest BCUT2D eigenvalue weighted by Gasteiger charge is -2.16. The molecule has 0 saturated heterocycles. The molecule has 0 fully saturated rings. The van der Waals surface area contributed by atoms with Gasteiger partial charge < -0.3 is 24.7 Å². The predicted octanol–water partition coefficient (Wildman–Crippen LogP) is 3.56. The first kappa shape index (κ1) is 28.3. The van der Waals surface area contributed by atoms with Crippen molar-refractivity contribution in [3.05, 3.63) is 86.1 Å². The molecule has 0 amide bonds. The largest absolute Gasteiger partial charge is 0.508 e. The summed E-state index contributed by atoms with van der Waals surface area (Å²) in [6, 6.07) is 13.3. The average Bonchev–Trinajstić information content (AvgIpc) is 3.31. The number of benzene rings is 2. The zero-order valence-corrected chi connectivity index (χ0v) is 22.3. The van der Waals surface area contributed by atoms with Crippen molar-refractivity contribution < 1.29 is 19.4 Å². The van der Waals surface area contributed by atoms with Gasteiger partial charge in [-0.25, -0.2) is 19.1 Å². The molecule has 200 valence electrons. The standard InChI is InChI=1S/C24H23N5O5S.C2H6O/c1-15(14-30)12-29-22(32)27-21(28(24(29)33)13-17-3-7-19(31)8-4-17)26-18-5-9-20(10-6-18)34-23-25-11-16(2)35-23;1-3-2/h3-11,14-15,31H,12-13H2,1-2H3,(H,26,27,32);1-2H3/t15-;/m0./s1. The number of aryl methyl sites for hydroxylation is 1. The number of aldehydes is 1. The van der Waals surface area contributed by atoms with Gasteiger partial charge in [-0.1, -0.05) is 30.4 Å². The fourth-order valence-electron chi connectivity index (χ4n) is 3.26. The number of phenolic OH excluding ortho intramolecular Hbond substituents is 1. The van der Waals surface area contributed by atoms with Crippen molar-refractivity contribution in [1.82, 2.24) is 19.1 Å². The number of anilines is 2. The summed E-state index contributed by atoms with van der Waals surface area (Å²) in [5.74, 6) is 0.194. The van der Waals surface area contributed by atoms with Crippen molar-refractivity contribution in [3.63, 3.8) is 0 Å². The summed E-state index contributed by atoms with van der Waals surface area (Å²) in [5.41, 5.74) is -0.0658. The van der Waals surface area contributed by atoms with Crippen molar-refractivity contribution in [2.45, 2.75) is 26.9 Å². The molecule has 2 heterocycles. The maximum Gasteiger partial charge on any atom is 0.354 e. The lowest BCUT2D eigenvalue weighted by molar-refractivity contribution is -0.111. The minimum absolute atomic E-state index is 0.0484. The molecule has 0 aliphatic carbocycles. The highest BCUT2D eigenvalue weighted by Crippen LogP contribution is 2.27. The molecule has 0 aliphatic heterocycles.